The maximum Gasteiger partial charge on any atom is 0.240 e. The molecular formula is C10H14N2O3S. The molecule has 0 saturated heterocycles. The molecule has 0 saturated carbocycles. The van der Waals surface area contributed by atoms with E-state index < -0.39 is 10.0 Å². The van der Waals surface area contributed by atoms with Crippen molar-refractivity contribution < 1.29 is 13.2 Å². The highest BCUT2D eigenvalue weighted by molar-refractivity contribution is 7.89. The molecule has 1 aliphatic heterocycles. The van der Waals surface area contributed by atoms with E-state index in [1.807, 2.05) is 0 Å². The number of anilines is 1. The van der Waals surface area contributed by atoms with Crippen LogP contribution in [0.1, 0.15) is 6.92 Å². The molecule has 2 N–H and O–H groups in total. The molecule has 16 heavy (non-hydrogen) atoms. The normalized spacial score (nSPS) is 14.8. The minimum absolute atomic E-state index is 0.256. The third kappa shape index (κ3) is 2.12. The molecule has 0 bridgehead atoms. The van der Waals surface area contributed by atoms with E-state index >= 15 is 0 Å². The summed E-state index contributed by atoms with van der Waals surface area (Å²) in [6.45, 7) is 3.42. The molecule has 5 nitrogen and oxygen atoms in total. The third-order valence-electron chi connectivity index (χ3n) is 2.27. The Bertz CT molecular complexity index is 485. The molecule has 0 aliphatic carbocycles. The summed E-state index contributed by atoms with van der Waals surface area (Å²) in [7, 11) is -3.39. The number of sulfonamides is 1. The van der Waals surface area contributed by atoms with Crippen LogP contribution in [-0.4, -0.2) is 28.1 Å². The van der Waals surface area contributed by atoms with E-state index in [9.17, 15) is 8.42 Å². The first kappa shape index (κ1) is 11.2. The summed E-state index contributed by atoms with van der Waals surface area (Å²) in [6, 6.07) is 4.81. The summed E-state index contributed by atoms with van der Waals surface area (Å²) in [5, 5.41) is 3.10. The van der Waals surface area contributed by atoms with Gasteiger partial charge in [0.15, 0.2) is 0 Å². The van der Waals surface area contributed by atoms with Gasteiger partial charge in [0.2, 0.25) is 10.0 Å². The monoisotopic (exact) mass is 242 g/mol. The molecule has 0 spiro atoms. The van der Waals surface area contributed by atoms with Crippen molar-refractivity contribution in [1.82, 2.24) is 4.72 Å². The van der Waals surface area contributed by atoms with E-state index in [2.05, 4.69) is 10.0 Å². The molecule has 0 fully saturated rings. The number of rotatable bonds is 3. The van der Waals surface area contributed by atoms with Crippen LogP contribution in [0.4, 0.5) is 5.69 Å². The SMILES string of the molecule is CCNS(=O)(=O)c1ccc2c(c1)NCCO2. The van der Waals surface area contributed by atoms with Gasteiger partial charge in [-0.1, -0.05) is 6.92 Å². The standard InChI is InChI=1S/C10H14N2O3S/c1-2-12-16(13,14)8-3-4-10-9(7-8)11-5-6-15-10/h3-4,7,11-12H,2,5-6H2,1H3. The van der Waals surface area contributed by atoms with Gasteiger partial charge in [0.1, 0.15) is 12.4 Å². The fourth-order valence-electron chi connectivity index (χ4n) is 1.56. The molecule has 0 unspecified atom stereocenters. The van der Waals surface area contributed by atoms with Crippen LogP contribution in [-0.2, 0) is 10.0 Å². The zero-order chi connectivity index (χ0) is 11.6. The molecule has 88 valence electrons. The average molecular weight is 242 g/mol. The van der Waals surface area contributed by atoms with Gasteiger partial charge in [0.25, 0.3) is 0 Å². The second-order valence-electron chi connectivity index (χ2n) is 3.43. The molecule has 0 atom stereocenters. The van der Waals surface area contributed by atoms with Gasteiger partial charge in [-0.2, -0.15) is 0 Å². The van der Waals surface area contributed by atoms with Crippen LogP contribution >= 0.6 is 0 Å². The van der Waals surface area contributed by atoms with Gasteiger partial charge in [-0.05, 0) is 18.2 Å². The van der Waals surface area contributed by atoms with Crippen LogP contribution in [0.15, 0.2) is 23.1 Å². The molecule has 0 amide bonds. The maximum atomic E-state index is 11.7. The third-order valence-corrected chi connectivity index (χ3v) is 3.81. The van der Waals surface area contributed by atoms with E-state index in [0.29, 0.717) is 25.4 Å². The van der Waals surface area contributed by atoms with Crippen LogP contribution in [0.3, 0.4) is 0 Å². The molecular weight excluding hydrogens is 228 g/mol. The van der Waals surface area contributed by atoms with Crippen LogP contribution in [0, 0.1) is 0 Å². The van der Waals surface area contributed by atoms with E-state index in [1.54, 1.807) is 25.1 Å². The Kier molecular flexibility index (Phi) is 3.02. The first-order chi connectivity index (χ1) is 7.63. The summed E-state index contributed by atoms with van der Waals surface area (Å²) >= 11 is 0. The van der Waals surface area contributed by atoms with E-state index in [1.165, 1.54) is 0 Å². The molecule has 1 aromatic carbocycles. The lowest BCUT2D eigenvalue weighted by molar-refractivity contribution is 0.323. The van der Waals surface area contributed by atoms with Gasteiger partial charge in [0.05, 0.1) is 10.6 Å². The molecule has 6 heteroatoms. The zero-order valence-corrected chi connectivity index (χ0v) is 9.80. The minimum atomic E-state index is -3.39. The molecule has 2 rings (SSSR count). The number of benzene rings is 1. The average Bonchev–Trinajstić information content (AvgIpc) is 2.28. The van der Waals surface area contributed by atoms with Gasteiger partial charge < -0.3 is 10.1 Å². The van der Waals surface area contributed by atoms with Crippen LogP contribution in [0.5, 0.6) is 5.75 Å². The van der Waals surface area contributed by atoms with Crippen molar-refractivity contribution in [1.29, 1.82) is 0 Å². The highest BCUT2D eigenvalue weighted by Gasteiger charge is 2.16. The van der Waals surface area contributed by atoms with Crippen molar-refractivity contribution >= 4 is 15.7 Å². The molecule has 1 aromatic rings. The Morgan fingerprint density at radius 2 is 2.31 bits per heavy atom. The molecule has 1 aliphatic rings. The fourth-order valence-corrected chi connectivity index (χ4v) is 2.63. The number of fused-ring (bicyclic) bond motifs is 1. The lowest BCUT2D eigenvalue weighted by Gasteiger charge is -2.19. The Morgan fingerprint density at radius 1 is 1.50 bits per heavy atom. The van der Waals surface area contributed by atoms with Gasteiger partial charge in [-0.3, -0.25) is 0 Å². The summed E-state index contributed by atoms with van der Waals surface area (Å²) in [6.07, 6.45) is 0. The van der Waals surface area contributed by atoms with Crippen LogP contribution in [0.2, 0.25) is 0 Å². The predicted molar refractivity (Wildman–Crippen MR) is 61.3 cm³/mol. The zero-order valence-electron chi connectivity index (χ0n) is 8.99. The predicted octanol–water partition coefficient (Wildman–Crippen LogP) is 0.789. The Morgan fingerprint density at radius 3 is 3.06 bits per heavy atom. The molecule has 0 aromatic heterocycles. The topological polar surface area (TPSA) is 67.4 Å². The quantitative estimate of drug-likeness (QED) is 0.822. The van der Waals surface area contributed by atoms with Gasteiger partial charge in [-0.25, -0.2) is 13.1 Å². The molecule has 1 heterocycles. The van der Waals surface area contributed by atoms with Crippen molar-refractivity contribution in [3.8, 4) is 5.75 Å². The second kappa shape index (κ2) is 4.31. The highest BCUT2D eigenvalue weighted by atomic mass is 32.2. The lowest BCUT2D eigenvalue weighted by atomic mass is 10.2. The van der Waals surface area contributed by atoms with Crippen molar-refractivity contribution in [3.63, 3.8) is 0 Å². The van der Waals surface area contributed by atoms with Crippen molar-refractivity contribution in [2.45, 2.75) is 11.8 Å². The summed E-state index contributed by atoms with van der Waals surface area (Å²) in [5.74, 6) is 0.696. The first-order valence-electron chi connectivity index (χ1n) is 5.14. The van der Waals surface area contributed by atoms with Gasteiger partial charge >= 0.3 is 0 Å². The largest absolute Gasteiger partial charge is 0.490 e. The van der Waals surface area contributed by atoms with Crippen molar-refractivity contribution in [2.75, 3.05) is 25.0 Å². The Hall–Kier alpha value is -1.27. The summed E-state index contributed by atoms with van der Waals surface area (Å²) < 4.78 is 31.3. The van der Waals surface area contributed by atoms with Gasteiger partial charge in [0, 0.05) is 13.1 Å². The van der Waals surface area contributed by atoms with Crippen LogP contribution in [0.25, 0.3) is 0 Å². The van der Waals surface area contributed by atoms with E-state index in [0.717, 1.165) is 5.69 Å². The fraction of sp³-hybridized carbons (Fsp3) is 0.400. The van der Waals surface area contributed by atoms with Crippen molar-refractivity contribution in [2.24, 2.45) is 0 Å². The summed E-state index contributed by atoms with van der Waals surface area (Å²) in [4.78, 5) is 0.256. The minimum Gasteiger partial charge on any atom is -0.490 e. The first-order valence-corrected chi connectivity index (χ1v) is 6.62. The molecule has 0 radical (unpaired) electrons. The Balaban J connectivity index is 2.37. The number of hydrogen-bond donors (Lipinski definition) is 2. The number of nitrogens with one attached hydrogen (secondary N) is 2. The Labute approximate surface area is 94.9 Å². The summed E-state index contributed by atoms with van der Waals surface area (Å²) in [5.41, 5.74) is 0.727. The lowest BCUT2D eigenvalue weighted by Crippen LogP contribution is -2.24. The second-order valence-corrected chi connectivity index (χ2v) is 5.20. The van der Waals surface area contributed by atoms with Crippen LogP contribution < -0.4 is 14.8 Å². The smallest absolute Gasteiger partial charge is 0.240 e. The highest BCUT2D eigenvalue weighted by Crippen LogP contribution is 2.29. The van der Waals surface area contributed by atoms with Gasteiger partial charge in [-0.15, -0.1) is 0 Å². The van der Waals surface area contributed by atoms with Crippen molar-refractivity contribution in [3.05, 3.63) is 18.2 Å². The van der Waals surface area contributed by atoms with E-state index in [4.69, 9.17) is 4.74 Å². The maximum absolute atomic E-state index is 11.7. The number of hydrogen-bond acceptors (Lipinski definition) is 4. The van der Waals surface area contributed by atoms with E-state index in [-0.39, 0.29) is 4.90 Å². The number of ether oxygens (including phenoxy) is 1.